The Morgan fingerprint density at radius 1 is 1.43 bits per heavy atom. The summed E-state index contributed by atoms with van der Waals surface area (Å²) in [5.41, 5.74) is 1.23. The third-order valence-electron chi connectivity index (χ3n) is 2.96. The van der Waals surface area contributed by atoms with Gasteiger partial charge in [0.1, 0.15) is 12.7 Å². The first-order chi connectivity index (χ1) is 10.1. The highest BCUT2D eigenvalue weighted by Gasteiger charge is 2.12. The quantitative estimate of drug-likeness (QED) is 0.833. The molecule has 0 bridgehead atoms. The predicted octanol–water partition coefficient (Wildman–Crippen LogP) is 1.25. The number of benzene rings is 1. The van der Waals surface area contributed by atoms with Crippen LogP contribution >= 0.6 is 0 Å². The Balaban J connectivity index is 2.03. The van der Waals surface area contributed by atoms with Crippen LogP contribution in [-0.2, 0) is 4.79 Å². The molecule has 0 fully saturated rings. The summed E-state index contributed by atoms with van der Waals surface area (Å²) < 4.78 is 1.56. The molecule has 0 saturated carbocycles. The van der Waals surface area contributed by atoms with E-state index in [4.69, 9.17) is 5.11 Å². The van der Waals surface area contributed by atoms with Gasteiger partial charge in [0, 0.05) is 18.0 Å². The number of aliphatic carboxylic acids is 1. The second-order valence-electron chi connectivity index (χ2n) is 4.70. The van der Waals surface area contributed by atoms with Gasteiger partial charge in [0.25, 0.3) is 5.91 Å². The van der Waals surface area contributed by atoms with Crippen molar-refractivity contribution in [3.05, 3.63) is 42.5 Å². The maximum Gasteiger partial charge on any atom is 0.303 e. The van der Waals surface area contributed by atoms with Gasteiger partial charge in [0.05, 0.1) is 5.69 Å². The van der Waals surface area contributed by atoms with Gasteiger partial charge >= 0.3 is 5.97 Å². The van der Waals surface area contributed by atoms with Crippen LogP contribution in [0.25, 0.3) is 5.69 Å². The van der Waals surface area contributed by atoms with E-state index >= 15 is 0 Å². The second kappa shape index (κ2) is 6.65. The summed E-state index contributed by atoms with van der Waals surface area (Å²) in [6.45, 7) is 1.78. The predicted molar refractivity (Wildman–Crippen MR) is 75.2 cm³/mol. The van der Waals surface area contributed by atoms with Crippen LogP contribution in [-0.4, -0.2) is 37.8 Å². The molecule has 110 valence electrons. The standard InChI is InChI=1S/C14H16N4O3/c1-10(5-6-13(19)20)17-14(21)11-3-2-4-12(7-11)18-9-15-8-16-18/h2-4,7-10H,5-6H2,1H3,(H,17,21)(H,19,20). The third kappa shape index (κ3) is 4.13. The molecule has 0 spiro atoms. The SMILES string of the molecule is CC(CCC(=O)O)NC(=O)c1cccc(-n2cncn2)c1. The van der Waals surface area contributed by atoms with E-state index in [9.17, 15) is 9.59 Å². The first-order valence-electron chi connectivity index (χ1n) is 6.54. The zero-order valence-corrected chi connectivity index (χ0v) is 11.6. The zero-order chi connectivity index (χ0) is 15.2. The summed E-state index contributed by atoms with van der Waals surface area (Å²) in [7, 11) is 0. The molecule has 1 heterocycles. The lowest BCUT2D eigenvalue weighted by Gasteiger charge is -2.13. The number of carboxylic acid groups (broad SMARTS) is 1. The normalized spacial score (nSPS) is 11.9. The summed E-state index contributed by atoms with van der Waals surface area (Å²) in [5.74, 6) is -1.11. The number of aromatic nitrogens is 3. The smallest absolute Gasteiger partial charge is 0.303 e. The Morgan fingerprint density at radius 2 is 2.24 bits per heavy atom. The van der Waals surface area contributed by atoms with Crippen LogP contribution < -0.4 is 5.32 Å². The van der Waals surface area contributed by atoms with E-state index in [1.165, 1.54) is 6.33 Å². The van der Waals surface area contributed by atoms with Crippen LogP contribution in [0.3, 0.4) is 0 Å². The van der Waals surface area contributed by atoms with Crippen molar-refractivity contribution in [1.29, 1.82) is 0 Å². The van der Waals surface area contributed by atoms with Crippen LogP contribution in [0.5, 0.6) is 0 Å². The molecule has 7 nitrogen and oxygen atoms in total. The lowest BCUT2D eigenvalue weighted by Crippen LogP contribution is -2.33. The maximum atomic E-state index is 12.1. The minimum atomic E-state index is -0.871. The maximum absolute atomic E-state index is 12.1. The fraction of sp³-hybridized carbons (Fsp3) is 0.286. The largest absolute Gasteiger partial charge is 0.481 e. The molecule has 2 rings (SSSR count). The average Bonchev–Trinajstić information content (AvgIpc) is 2.99. The molecule has 1 atom stereocenters. The Hall–Kier alpha value is -2.70. The summed E-state index contributed by atoms with van der Waals surface area (Å²) in [6, 6.07) is 6.77. The van der Waals surface area contributed by atoms with Crippen molar-refractivity contribution < 1.29 is 14.7 Å². The molecule has 1 aromatic carbocycles. The lowest BCUT2D eigenvalue weighted by atomic mass is 10.1. The fourth-order valence-corrected chi connectivity index (χ4v) is 1.85. The van der Waals surface area contributed by atoms with Gasteiger partial charge < -0.3 is 10.4 Å². The Bertz CT molecular complexity index is 625. The van der Waals surface area contributed by atoms with E-state index in [1.54, 1.807) is 36.1 Å². The van der Waals surface area contributed by atoms with Crippen molar-refractivity contribution in [1.82, 2.24) is 20.1 Å². The van der Waals surface area contributed by atoms with Crippen molar-refractivity contribution >= 4 is 11.9 Å². The zero-order valence-electron chi connectivity index (χ0n) is 11.6. The Labute approximate surface area is 121 Å². The molecule has 1 amide bonds. The fourth-order valence-electron chi connectivity index (χ4n) is 1.85. The van der Waals surface area contributed by atoms with Crippen molar-refractivity contribution in [2.24, 2.45) is 0 Å². The number of carbonyl (C=O) groups is 2. The minimum absolute atomic E-state index is 0.0282. The van der Waals surface area contributed by atoms with E-state index in [0.29, 0.717) is 12.0 Å². The molecule has 7 heteroatoms. The van der Waals surface area contributed by atoms with E-state index in [0.717, 1.165) is 5.69 Å². The average molecular weight is 288 g/mol. The molecule has 1 aromatic heterocycles. The van der Waals surface area contributed by atoms with Gasteiger partial charge in [-0.1, -0.05) is 6.07 Å². The van der Waals surface area contributed by atoms with Crippen LogP contribution in [0.1, 0.15) is 30.1 Å². The highest BCUT2D eigenvalue weighted by Crippen LogP contribution is 2.09. The van der Waals surface area contributed by atoms with Crippen LogP contribution in [0, 0.1) is 0 Å². The number of nitrogens with zero attached hydrogens (tertiary/aromatic N) is 3. The first kappa shape index (κ1) is 14.7. The molecule has 0 aliphatic rings. The van der Waals surface area contributed by atoms with Crippen LogP contribution in [0.4, 0.5) is 0 Å². The van der Waals surface area contributed by atoms with Crippen molar-refractivity contribution in [2.45, 2.75) is 25.8 Å². The minimum Gasteiger partial charge on any atom is -0.481 e. The molecule has 2 N–H and O–H groups in total. The van der Waals surface area contributed by atoms with E-state index in [-0.39, 0.29) is 18.4 Å². The lowest BCUT2D eigenvalue weighted by molar-refractivity contribution is -0.137. The number of hydrogen-bond acceptors (Lipinski definition) is 4. The van der Waals surface area contributed by atoms with E-state index in [2.05, 4.69) is 15.4 Å². The number of carbonyl (C=O) groups excluding carboxylic acids is 1. The first-order valence-corrected chi connectivity index (χ1v) is 6.54. The van der Waals surface area contributed by atoms with Crippen LogP contribution in [0.15, 0.2) is 36.9 Å². The molecule has 1 unspecified atom stereocenters. The highest BCUT2D eigenvalue weighted by molar-refractivity contribution is 5.94. The third-order valence-corrected chi connectivity index (χ3v) is 2.96. The van der Waals surface area contributed by atoms with Gasteiger partial charge in [-0.05, 0) is 31.5 Å². The molecule has 0 saturated heterocycles. The number of nitrogens with one attached hydrogen (secondary N) is 1. The molecule has 21 heavy (non-hydrogen) atoms. The number of carboxylic acids is 1. The monoisotopic (exact) mass is 288 g/mol. The van der Waals surface area contributed by atoms with Crippen molar-refractivity contribution in [3.8, 4) is 5.69 Å². The van der Waals surface area contributed by atoms with Gasteiger partial charge in [-0.2, -0.15) is 5.10 Å². The second-order valence-corrected chi connectivity index (χ2v) is 4.70. The molecule has 0 aliphatic heterocycles. The van der Waals surface area contributed by atoms with E-state index in [1.807, 2.05) is 6.07 Å². The van der Waals surface area contributed by atoms with Gasteiger partial charge in [-0.25, -0.2) is 9.67 Å². The van der Waals surface area contributed by atoms with Crippen molar-refractivity contribution in [2.75, 3.05) is 0 Å². The van der Waals surface area contributed by atoms with Crippen molar-refractivity contribution in [3.63, 3.8) is 0 Å². The number of amides is 1. The Kier molecular flexibility index (Phi) is 4.65. The van der Waals surface area contributed by atoms with Gasteiger partial charge in [0.2, 0.25) is 0 Å². The topological polar surface area (TPSA) is 97.1 Å². The molecule has 2 aromatic rings. The van der Waals surface area contributed by atoms with Gasteiger partial charge in [-0.3, -0.25) is 9.59 Å². The number of rotatable bonds is 6. The molecule has 0 radical (unpaired) electrons. The van der Waals surface area contributed by atoms with Gasteiger partial charge in [0.15, 0.2) is 0 Å². The van der Waals surface area contributed by atoms with Crippen LogP contribution in [0.2, 0.25) is 0 Å². The highest BCUT2D eigenvalue weighted by atomic mass is 16.4. The van der Waals surface area contributed by atoms with E-state index < -0.39 is 5.97 Å². The summed E-state index contributed by atoms with van der Waals surface area (Å²) in [5, 5.41) is 15.4. The summed E-state index contributed by atoms with van der Waals surface area (Å²) >= 11 is 0. The van der Waals surface area contributed by atoms with Gasteiger partial charge in [-0.15, -0.1) is 0 Å². The molecular formula is C14H16N4O3. The summed E-state index contributed by atoms with van der Waals surface area (Å²) in [6.07, 6.45) is 3.39. The number of hydrogen-bond donors (Lipinski definition) is 2. The molecule has 0 aliphatic carbocycles. The Morgan fingerprint density at radius 3 is 2.90 bits per heavy atom. The summed E-state index contributed by atoms with van der Waals surface area (Å²) in [4.78, 5) is 26.5. The molecular weight excluding hydrogens is 272 g/mol.